The van der Waals surface area contributed by atoms with Gasteiger partial charge < -0.3 is 10.2 Å². The van der Waals surface area contributed by atoms with Gasteiger partial charge in [-0.3, -0.25) is 14.6 Å². The van der Waals surface area contributed by atoms with Crippen molar-refractivity contribution >= 4 is 17.5 Å². The number of amides is 2. The van der Waals surface area contributed by atoms with Gasteiger partial charge in [0.2, 0.25) is 5.91 Å². The molecule has 3 aromatic rings. The lowest BCUT2D eigenvalue weighted by molar-refractivity contribution is -0.148. The molecular formula is C24H16F4N4O2. The molecule has 34 heavy (non-hydrogen) atoms. The molecular weight excluding hydrogens is 452 g/mol. The summed E-state index contributed by atoms with van der Waals surface area (Å²) >= 11 is 0. The van der Waals surface area contributed by atoms with E-state index in [1.807, 2.05) is 0 Å². The van der Waals surface area contributed by atoms with E-state index in [9.17, 15) is 27.2 Å². The SMILES string of the molecule is N#Cc1cc(NC(=O)C2c3ccccc3C(=O)N(CC(F)(F)F)[C@@H]2c2cccnc2)ccc1F. The monoisotopic (exact) mass is 468 g/mol. The van der Waals surface area contributed by atoms with E-state index >= 15 is 0 Å². The standard InChI is InChI=1S/C24H16F4N4O2/c25-19-8-7-16(10-15(19)11-29)31-22(33)20-17-5-1-2-6-18(17)23(34)32(13-24(26,27)28)21(20)14-4-3-9-30-12-14/h1-10,12,20-21H,13H2,(H,31,33)/t20?,21-/m1/s1. The second-order valence-corrected chi connectivity index (χ2v) is 7.64. The predicted octanol–water partition coefficient (Wildman–Crippen LogP) is 4.57. The van der Waals surface area contributed by atoms with Gasteiger partial charge in [-0.25, -0.2) is 4.39 Å². The van der Waals surface area contributed by atoms with Crippen LogP contribution in [0.2, 0.25) is 0 Å². The Hall–Kier alpha value is -4.26. The molecule has 6 nitrogen and oxygen atoms in total. The molecule has 1 N–H and O–H groups in total. The van der Waals surface area contributed by atoms with E-state index in [2.05, 4.69) is 10.3 Å². The van der Waals surface area contributed by atoms with Crippen LogP contribution >= 0.6 is 0 Å². The lowest BCUT2D eigenvalue weighted by Gasteiger charge is -2.41. The number of hydrogen-bond donors (Lipinski definition) is 1. The van der Waals surface area contributed by atoms with Gasteiger partial charge in [0.25, 0.3) is 5.91 Å². The number of nitrogens with zero attached hydrogens (tertiary/aromatic N) is 3. The van der Waals surface area contributed by atoms with Crippen LogP contribution in [0, 0.1) is 17.1 Å². The summed E-state index contributed by atoms with van der Waals surface area (Å²) < 4.78 is 54.2. The number of alkyl halides is 3. The van der Waals surface area contributed by atoms with Crippen molar-refractivity contribution in [3.05, 3.63) is 95.1 Å². The van der Waals surface area contributed by atoms with Crippen molar-refractivity contribution in [2.24, 2.45) is 0 Å². The maximum atomic E-state index is 13.7. The number of rotatable bonds is 4. The topological polar surface area (TPSA) is 86.1 Å². The first-order chi connectivity index (χ1) is 16.2. The quantitative estimate of drug-likeness (QED) is 0.569. The highest BCUT2D eigenvalue weighted by Crippen LogP contribution is 2.44. The molecule has 0 fully saturated rings. The molecule has 4 rings (SSSR count). The number of benzene rings is 2. The van der Waals surface area contributed by atoms with Crippen LogP contribution in [-0.2, 0) is 4.79 Å². The Morgan fingerprint density at radius 1 is 1.15 bits per heavy atom. The van der Waals surface area contributed by atoms with E-state index < -0.39 is 42.3 Å². The van der Waals surface area contributed by atoms with Crippen molar-refractivity contribution in [2.75, 3.05) is 11.9 Å². The second-order valence-electron chi connectivity index (χ2n) is 7.64. The highest BCUT2D eigenvalue weighted by atomic mass is 19.4. The van der Waals surface area contributed by atoms with Gasteiger partial charge in [-0.2, -0.15) is 18.4 Å². The van der Waals surface area contributed by atoms with Gasteiger partial charge in [0.1, 0.15) is 18.4 Å². The minimum atomic E-state index is -4.72. The van der Waals surface area contributed by atoms with E-state index in [0.29, 0.717) is 4.90 Å². The Morgan fingerprint density at radius 2 is 1.91 bits per heavy atom. The molecule has 0 saturated heterocycles. The highest BCUT2D eigenvalue weighted by molar-refractivity contribution is 6.04. The van der Waals surface area contributed by atoms with Crippen LogP contribution in [0.5, 0.6) is 0 Å². The lowest BCUT2D eigenvalue weighted by Crippen LogP contribution is -2.49. The lowest BCUT2D eigenvalue weighted by atomic mass is 9.79. The van der Waals surface area contributed by atoms with E-state index in [1.165, 1.54) is 48.8 Å². The number of aromatic nitrogens is 1. The number of carbonyl (C=O) groups is 2. The van der Waals surface area contributed by atoms with E-state index in [-0.39, 0.29) is 27.9 Å². The molecule has 0 bridgehead atoms. The van der Waals surface area contributed by atoms with Crippen molar-refractivity contribution < 1.29 is 27.2 Å². The number of halogens is 4. The zero-order valence-corrected chi connectivity index (χ0v) is 17.4. The summed E-state index contributed by atoms with van der Waals surface area (Å²) in [5, 5.41) is 11.6. The summed E-state index contributed by atoms with van der Waals surface area (Å²) in [7, 11) is 0. The van der Waals surface area contributed by atoms with Gasteiger partial charge in [0.05, 0.1) is 17.5 Å². The number of hydrogen-bond acceptors (Lipinski definition) is 4. The summed E-state index contributed by atoms with van der Waals surface area (Å²) in [5.41, 5.74) is 0.250. The van der Waals surface area contributed by atoms with E-state index in [4.69, 9.17) is 5.26 Å². The highest BCUT2D eigenvalue weighted by Gasteiger charge is 2.47. The minimum Gasteiger partial charge on any atom is -0.325 e. The largest absolute Gasteiger partial charge is 0.406 e. The molecule has 2 atom stereocenters. The smallest absolute Gasteiger partial charge is 0.325 e. The van der Waals surface area contributed by atoms with Crippen molar-refractivity contribution in [1.29, 1.82) is 5.26 Å². The van der Waals surface area contributed by atoms with E-state index in [1.54, 1.807) is 12.1 Å². The summed E-state index contributed by atoms with van der Waals surface area (Å²) in [6.45, 7) is -1.57. The second kappa shape index (κ2) is 8.94. The van der Waals surface area contributed by atoms with Gasteiger partial charge in [0, 0.05) is 23.6 Å². The fraction of sp³-hybridized carbons (Fsp3) is 0.167. The molecule has 0 radical (unpaired) electrons. The maximum absolute atomic E-state index is 13.7. The van der Waals surface area contributed by atoms with Crippen LogP contribution < -0.4 is 5.32 Å². The van der Waals surface area contributed by atoms with Crippen molar-refractivity contribution in [3.8, 4) is 6.07 Å². The summed E-state index contributed by atoms with van der Waals surface area (Å²) in [5.74, 6) is -3.61. The number of pyridine rings is 1. The number of fused-ring (bicyclic) bond motifs is 1. The average Bonchev–Trinajstić information content (AvgIpc) is 2.81. The van der Waals surface area contributed by atoms with Crippen LogP contribution in [-0.4, -0.2) is 34.4 Å². The number of anilines is 1. The Kier molecular flexibility index (Phi) is 6.03. The van der Waals surface area contributed by atoms with Crippen LogP contribution in [0.3, 0.4) is 0 Å². The zero-order valence-electron chi connectivity index (χ0n) is 17.4. The Morgan fingerprint density at radius 3 is 2.59 bits per heavy atom. The summed E-state index contributed by atoms with van der Waals surface area (Å²) in [6.07, 6.45) is -1.99. The summed E-state index contributed by atoms with van der Waals surface area (Å²) in [4.78, 5) is 31.2. The molecule has 1 aromatic heterocycles. The first-order valence-electron chi connectivity index (χ1n) is 10.1. The molecule has 2 heterocycles. The van der Waals surface area contributed by atoms with E-state index in [0.717, 1.165) is 12.1 Å². The third-order valence-corrected chi connectivity index (χ3v) is 5.45. The minimum absolute atomic E-state index is 0.0242. The van der Waals surface area contributed by atoms with Crippen molar-refractivity contribution in [1.82, 2.24) is 9.88 Å². The predicted molar refractivity (Wildman–Crippen MR) is 113 cm³/mol. The van der Waals surface area contributed by atoms with Crippen LogP contribution in [0.15, 0.2) is 67.0 Å². The van der Waals surface area contributed by atoms with Crippen molar-refractivity contribution in [2.45, 2.75) is 18.1 Å². The van der Waals surface area contributed by atoms with Gasteiger partial charge >= 0.3 is 6.18 Å². The van der Waals surface area contributed by atoms with Crippen LogP contribution in [0.25, 0.3) is 0 Å². The molecule has 1 unspecified atom stereocenters. The number of carbonyl (C=O) groups excluding carboxylic acids is 2. The molecule has 10 heteroatoms. The number of nitriles is 1. The van der Waals surface area contributed by atoms with Gasteiger partial charge in [-0.1, -0.05) is 24.3 Å². The average molecular weight is 468 g/mol. The first kappa shape index (κ1) is 22.9. The van der Waals surface area contributed by atoms with Gasteiger partial charge in [-0.15, -0.1) is 0 Å². The molecule has 0 saturated carbocycles. The molecule has 1 aliphatic rings. The fourth-order valence-corrected chi connectivity index (χ4v) is 4.07. The first-order valence-corrected chi connectivity index (χ1v) is 10.1. The third-order valence-electron chi connectivity index (χ3n) is 5.45. The zero-order chi connectivity index (χ0) is 24.5. The molecule has 0 spiro atoms. The van der Waals surface area contributed by atoms with Crippen LogP contribution in [0.4, 0.5) is 23.2 Å². The molecule has 2 amide bonds. The van der Waals surface area contributed by atoms with Gasteiger partial charge in [-0.05, 0) is 41.5 Å². The Balaban J connectivity index is 1.84. The third kappa shape index (κ3) is 4.45. The Bertz CT molecular complexity index is 1290. The normalized spacial score (nSPS) is 17.6. The number of nitrogens with one attached hydrogen (secondary N) is 1. The fourth-order valence-electron chi connectivity index (χ4n) is 4.07. The molecule has 172 valence electrons. The summed E-state index contributed by atoms with van der Waals surface area (Å²) in [6, 6.07) is 12.7. The van der Waals surface area contributed by atoms with Gasteiger partial charge in [0.15, 0.2) is 0 Å². The maximum Gasteiger partial charge on any atom is 0.406 e. The molecule has 1 aliphatic heterocycles. The van der Waals surface area contributed by atoms with Crippen LogP contribution in [0.1, 0.15) is 39.0 Å². The molecule has 0 aliphatic carbocycles. The molecule has 2 aromatic carbocycles. The van der Waals surface area contributed by atoms with Crippen molar-refractivity contribution in [3.63, 3.8) is 0 Å². The Labute approximate surface area is 191 Å².